The first kappa shape index (κ1) is 13.0. The fourth-order valence-electron chi connectivity index (χ4n) is 2.20. The second-order valence-corrected chi connectivity index (χ2v) is 4.86. The number of nitrogens with two attached hydrogens (primary N) is 1. The summed E-state index contributed by atoms with van der Waals surface area (Å²) in [5, 5.41) is 8.89. The molecule has 0 saturated heterocycles. The zero-order chi connectivity index (χ0) is 11.2. The van der Waals surface area contributed by atoms with Crippen LogP contribution in [0.4, 0.5) is 0 Å². The van der Waals surface area contributed by atoms with E-state index >= 15 is 0 Å². The third-order valence-corrected chi connectivity index (χ3v) is 3.22. The Morgan fingerprint density at radius 2 is 2.12 bits per heavy atom. The van der Waals surface area contributed by atoms with Gasteiger partial charge in [0.2, 0.25) is 0 Å². The highest BCUT2D eigenvalue weighted by Gasteiger charge is 2.36. The minimum atomic E-state index is -0.894. The highest BCUT2D eigenvalue weighted by Crippen LogP contribution is 2.43. The molecule has 16 heavy (non-hydrogen) atoms. The van der Waals surface area contributed by atoms with Crippen LogP contribution >= 0.6 is 12.4 Å². The largest absolute Gasteiger partial charge is 0.478 e. The van der Waals surface area contributed by atoms with Crippen LogP contribution in [0.25, 0.3) is 0 Å². The molecular weight excluding hydrogens is 226 g/mol. The molecule has 0 radical (unpaired) electrons. The Morgan fingerprint density at radius 1 is 1.50 bits per heavy atom. The third kappa shape index (κ3) is 1.93. The molecule has 0 bridgehead atoms. The number of rotatable bonds is 1. The van der Waals surface area contributed by atoms with Crippen molar-refractivity contribution in [2.24, 2.45) is 11.1 Å². The van der Waals surface area contributed by atoms with E-state index in [4.69, 9.17) is 10.8 Å². The van der Waals surface area contributed by atoms with Gasteiger partial charge in [-0.05, 0) is 35.1 Å². The van der Waals surface area contributed by atoms with E-state index < -0.39 is 5.97 Å². The Hall–Kier alpha value is -1.06. The fraction of sp³-hybridized carbons (Fsp3) is 0.417. The molecule has 1 aliphatic rings. The maximum Gasteiger partial charge on any atom is 0.335 e. The van der Waals surface area contributed by atoms with Gasteiger partial charge in [0.25, 0.3) is 0 Å². The van der Waals surface area contributed by atoms with Crippen LogP contribution in [0.3, 0.4) is 0 Å². The van der Waals surface area contributed by atoms with Crippen molar-refractivity contribution in [3.8, 4) is 0 Å². The molecule has 0 heterocycles. The molecule has 0 fully saturated rings. The van der Waals surface area contributed by atoms with Gasteiger partial charge in [-0.3, -0.25) is 0 Å². The molecule has 0 amide bonds. The molecule has 0 unspecified atom stereocenters. The summed E-state index contributed by atoms with van der Waals surface area (Å²) >= 11 is 0. The molecule has 0 aromatic heterocycles. The summed E-state index contributed by atoms with van der Waals surface area (Å²) in [6.07, 6.45) is 0.920. The van der Waals surface area contributed by atoms with E-state index in [0.29, 0.717) is 5.56 Å². The normalized spacial score (nSPS) is 21.1. The maximum atomic E-state index is 10.8. The number of aromatic carboxylic acids is 1. The summed E-state index contributed by atoms with van der Waals surface area (Å²) in [7, 11) is 0. The van der Waals surface area contributed by atoms with E-state index in [9.17, 15) is 4.79 Å². The van der Waals surface area contributed by atoms with Gasteiger partial charge >= 0.3 is 5.97 Å². The lowest BCUT2D eigenvalue weighted by molar-refractivity contribution is 0.0696. The Balaban J connectivity index is 0.00000128. The van der Waals surface area contributed by atoms with Crippen LogP contribution in [0, 0.1) is 5.41 Å². The fourth-order valence-corrected chi connectivity index (χ4v) is 2.20. The van der Waals surface area contributed by atoms with Crippen molar-refractivity contribution in [2.45, 2.75) is 26.3 Å². The molecule has 4 heteroatoms. The number of hydrogen-bond acceptors (Lipinski definition) is 2. The predicted molar refractivity (Wildman–Crippen MR) is 65.1 cm³/mol. The minimum Gasteiger partial charge on any atom is -0.478 e. The van der Waals surface area contributed by atoms with E-state index in [1.54, 1.807) is 12.1 Å². The maximum absolute atomic E-state index is 10.8. The average Bonchev–Trinajstić information content (AvgIpc) is 2.37. The zero-order valence-corrected chi connectivity index (χ0v) is 10.2. The number of carboxylic acid groups (broad SMARTS) is 1. The summed E-state index contributed by atoms with van der Waals surface area (Å²) in [6, 6.07) is 5.17. The summed E-state index contributed by atoms with van der Waals surface area (Å²) in [5.74, 6) is -0.894. The van der Waals surface area contributed by atoms with Crippen LogP contribution in [-0.4, -0.2) is 11.1 Å². The molecule has 88 valence electrons. The summed E-state index contributed by atoms with van der Waals surface area (Å²) < 4.78 is 0. The van der Waals surface area contributed by atoms with E-state index in [1.807, 2.05) is 6.07 Å². The van der Waals surface area contributed by atoms with E-state index in [-0.39, 0.29) is 23.9 Å². The first-order valence-corrected chi connectivity index (χ1v) is 5.03. The SMILES string of the molecule is CC1(C)Cc2ccc(C(=O)O)cc2[C@H]1N.Cl. The minimum absolute atomic E-state index is 0. The second kappa shape index (κ2) is 4.07. The first-order chi connectivity index (χ1) is 6.92. The van der Waals surface area contributed by atoms with Gasteiger partial charge < -0.3 is 10.8 Å². The lowest BCUT2D eigenvalue weighted by Gasteiger charge is -2.23. The monoisotopic (exact) mass is 241 g/mol. The van der Waals surface area contributed by atoms with Crippen molar-refractivity contribution in [1.82, 2.24) is 0 Å². The zero-order valence-electron chi connectivity index (χ0n) is 9.36. The van der Waals surface area contributed by atoms with E-state index in [2.05, 4.69) is 13.8 Å². The molecule has 3 nitrogen and oxygen atoms in total. The van der Waals surface area contributed by atoms with Crippen LogP contribution in [-0.2, 0) is 6.42 Å². The molecule has 1 atom stereocenters. The van der Waals surface area contributed by atoms with Crippen LogP contribution < -0.4 is 5.73 Å². The van der Waals surface area contributed by atoms with Crippen molar-refractivity contribution in [1.29, 1.82) is 0 Å². The average molecular weight is 242 g/mol. The van der Waals surface area contributed by atoms with Gasteiger partial charge in [0.05, 0.1) is 5.56 Å². The summed E-state index contributed by atoms with van der Waals surface area (Å²) in [6.45, 7) is 4.22. The van der Waals surface area contributed by atoms with Crippen LogP contribution in [0.2, 0.25) is 0 Å². The Morgan fingerprint density at radius 3 is 2.69 bits per heavy atom. The van der Waals surface area contributed by atoms with Gasteiger partial charge in [-0.2, -0.15) is 0 Å². The quantitative estimate of drug-likeness (QED) is 0.794. The molecule has 3 N–H and O–H groups in total. The van der Waals surface area contributed by atoms with E-state index in [1.165, 1.54) is 5.56 Å². The van der Waals surface area contributed by atoms with Gasteiger partial charge in [-0.1, -0.05) is 19.9 Å². The van der Waals surface area contributed by atoms with Crippen molar-refractivity contribution in [3.05, 3.63) is 34.9 Å². The van der Waals surface area contributed by atoms with Gasteiger partial charge in [0.15, 0.2) is 0 Å². The van der Waals surface area contributed by atoms with Crippen molar-refractivity contribution in [2.75, 3.05) is 0 Å². The lowest BCUT2D eigenvalue weighted by atomic mass is 9.86. The van der Waals surface area contributed by atoms with E-state index in [0.717, 1.165) is 12.0 Å². The first-order valence-electron chi connectivity index (χ1n) is 5.03. The number of benzene rings is 1. The van der Waals surface area contributed by atoms with Gasteiger partial charge in [-0.15, -0.1) is 12.4 Å². The molecular formula is C12H16ClNO2. The van der Waals surface area contributed by atoms with Crippen molar-refractivity contribution < 1.29 is 9.90 Å². The highest BCUT2D eigenvalue weighted by atomic mass is 35.5. The predicted octanol–water partition coefficient (Wildman–Crippen LogP) is 2.39. The molecule has 0 saturated carbocycles. The molecule has 2 rings (SSSR count). The van der Waals surface area contributed by atoms with Gasteiger partial charge in [0, 0.05) is 6.04 Å². The number of carboxylic acids is 1. The number of halogens is 1. The Kier molecular flexibility index (Phi) is 3.31. The van der Waals surface area contributed by atoms with Crippen LogP contribution in [0.1, 0.15) is 41.4 Å². The van der Waals surface area contributed by atoms with Gasteiger partial charge in [-0.25, -0.2) is 4.79 Å². The Bertz CT molecular complexity index is 429. The van der Waals surface area contributed by atoms with Crippen molar-refractivity contribution >= 4 is 18.4 Å². The Labute approximate surface area is 101 Å². The molecule has 1 aliphatic carbocycles. The lowest BCUT2D eigenvalue weighted by Crippen LogP contribution is -2.24. The second-order valence-electron chi connectivity index (χ2n) is 4.86. The summed E-state index contributed by atoms with van der Waals surface area (Å²) in [4.78, 5) is 10.8. The third-order valence-electron chi connectivity index (χ3n) is 3.22. The molecule has 0 spiro atoms. The highest BCUT2D eigenvalue weighted by molar-refractivity contribution is 5.88. The van der Waals surface area contributed by atoms with Crippen LogP contribution in [0.15, 0.2) is 18.2 Å². The number of carbonyl (C=O) groups is 1. The van der Waals surface area contributed by atoms with Gasteiger partial charge in [0.1, 0.15) is 0 Å². The standard InChI is InChI=1S/C12H15NO2.ClH/c1-12(2)6-8-4-3-7(11(14)15)5-9(8)10(12)13;/h3-5,10H,6,13H2,1-2H3,(H,14,15);1H/t10-;/m1./s1. The topological polar surface area (TPSA) is 63.3 Å². The summed E-state index contributed by atoms with van der Waals surface area (Å²) in [5.41, 5.74) is 8.61. The number of fused-ring (bicyclic) bond motifs is 1. The molecule has 1 aromatic carbocycles. The van der Waals surface area contributed by atoms with Crippen LogP contribution in [0.5, 0.6) is 0 Å². The molecule has 1 aromatic rings. The molecule has 0 aliphatic heterocycles. The smallest absolute Gasteiger partial charge is 0.335 e. The van der Waals surface area contributed by atoms with Crippen molar-refractivity contribution in [3.63, 3.8) is 0 Å². The number of hydrogen-bond donors (Lipinski definition) is 2.